The summed E-state index contributed by atoms with van der Waals surface area (Å²) in [7, 11) is 1.56. The first-order chi connectivity index (χ1) is 19.1. The molecule has 0 saturated carbocycles. The highest BCUT2D eigenvalue weighted by Gasteiger charge is 2.27. The second-order valence-corrected chi connectivity index (χ2v) is 12.6. The minimum Gasteiger partial charge on any atom is -0.496 e. The summed E-state index contributed by atoms with van der Waals surface area (Å²) in [5, 5.41) is 5.66. The topological polar surface area (TPSA) is 73.9 Å². The number of carbonyl (C=O) groups is 2. The molecule has 0 bridgehead atoms. The summed E-state index contributed by atoms with van der Waals surface area (Å²) in [6, 6.07) is 14.6. The number of anilines is 1. The fourth-order valence-corrected chi connectivity index (χ4v) is 6.67. The molecule has 0 unspecified atom stereocenters. The van der Waals surface area contributed by atoms with Crippen molar-refractivity contribution in [1.82, 2.24) is 0 Å². The number of aryl methyl sites for hydroxylation is 1. The lowest BCUT2D eigenvalue weighted by atomic mass is 9.85. The van der Waals surface area contributed by atoms with Gasteiger partial charge in [-0.25, -0.2) is 9.59 Å². The first-order valence-electron chi connectivity index (χ1n) is 12.6. The number of rotatable bonds is 7. The van der Waals surface area contributed by atoms with Crippen molar-refractivity contribution in [3.05, 3.63) is 90.8 Å². The van der Waals surface area contributed by atoms with Crippen molar-refractivity contribution in [1.29, 1.82) is 0 Å². The number of ether oxygens (including phenoxy) is 3. The van der Waals surface area contributed by atoms with Crippen LogP contribution in [-0.4, -0.2) is 24.6 Å². The van der Waals surface area contributed by atoms with Gasteiger partial charge in [-0.1, -0.05) is 23.7 Å². The van der Waals surface area contributed by atoms with Gasteiger partial charge in [0.15, 0.2) is 0 Å². The Kier molecular flexibility index (Phi) is 7.77. The second kappa shape index (κ2) is 11.1. The smallest absolute Gasteiger partial charge is 0.355 e. The minimum atomic E-state index is -0.533. The number of benzene rings is 2. The predicted octanol–water partition coefficient (Wildman–Crippen LogP) is 8.63. The molecule has 1 aliphatic rings. The van der Waals surface area contributed by atoms with Gasteiger partial charge in [0.2, 0.25) is 0 Å². The van der Waals surface area contributed by atoms with Gasteiger partial charge in [0.25, 0.3) is 0 Å². The van der Waals surface area contributed by atoms with Gasteiger partial charge in [-0.3, -0.25) is 0 Å². The highest BCUT2D eigenvalue weighted by molar-refractivity contribution is 7.13. The van der Waals surface area contributed by atoms with E-state index in [0.717, 1.165) is 38.4 Å². The number of esters is 2. The summed E-state index contributed by atoms with van der Waals surface area (Å²) in [6.45, 7) is 8.31. The van der Waals surface area contributed by atoms with Gasteiger partial charge < -0.3 is 19.5 Å². The van der Waals surface area contributed by atoms with Crippen LogP contribution in [0.4, 0.5) is 5.69 Å². The molecule has 1 N–H and O–H groups in total. The third-order valence-electron chi connectivity index (χ3n) is 6.51. The van der Waals surface area contributed by atoms with Crippen molar-refractivity contribution in [2.45, 2.75) is 39.8 Å². The number of nitrogens with one attached hydrogen (secondary N) is 1. The van der Waals surface area contributed by atoms with Crippen LogP contribution in [0.5, 0.6) is 11.5 Å². The van der Waals surface area contributed by atoms with Crippen molar-refractivity contribution < 1.29 is 23.8 Å². The first-order valence-corrected chi connectivity index (χ1v) is 14.6. The van der Waals surface area contributed by atoms with E-state index in [0.29, 0.717) is 26.3 Å². The molecule has 0 amide bonds. The van der Waals surface area contributed by atoms with Crippen LogP contribution in [0.2, 0.25) is 5.02 Å². The van der Waals surface area contributed by atoms with Crippen LogP contribution in [0.3, 0.4) is 0 Å². The molecule has 3 heterocycles. The van der Waals surface area contributed by atoms with Crippen LogP contribution in [0, 0.1) is 6.92 Å². The largest absolute Gasteiger partial charge is 0.496 e. The zero-order chi connectivity index (χ0) is 28.6. The molecule has 9 heteroatoms. The lowest BCUT2D eigenvalue weighted by Crippen LogP contribution is -2.32. The highest BCUT2D eigenvalue weighted by atomic mass is 35.5. The van der Waals surface area contributed by atoms with Gasteiger partial charge in [-0.05, 0) is 80.6 Å². The molecule has 1 aliphatic heterocycles. The Morgan fingerprint density at radius 2 is 1.77 bits per heavy atom. The standard InChI is InChI=1S/C31H28ClNO5S2/c1-17-15-31(3,4)33-24-10-9-20(22(27(17)24)16-37-29(34)26-11-6-18(2)40-26)21-8-7-19(14-25(21)36-5)38-30(35)28-23(32)12-13-39-28/h6-15,33H,16H2,1-5H3. The summed E-state index contributed by atoms with van der Waals surface area (Å²) in [6.07, 6.45) is 2.17. The van der Waals surface area contributed by atoms with Crippen LogP contribution < -0.4 is 14.8 Å². The van der Waals surface area contributed by atoms with Crippen molar-refractivity contribution >= 4 is 57.5 Å². The molecule has 0 radical (unpaired) electrons. The maximum atomic E-state index is 12.9. The summed E-state index contributed by atoms with van der Waals surface area (Å²) in [4.78, 5) is 27.5. The molecule has 0 aliphatic carbocycles. The molecule has 40 heavy (non-hydrogen) atoms. The van der Waals surface area contributed by atoms with E-state index < -0.39 is 5.97 Å². The summed E-state index contributed by atoms with van der Waals surface area (Å²) in [5.74, 6) is -0.0634. The number of carbonyl (C=O) groups excluding carboxylic acids is 2. The molecular weight excluding hydrogens is 566 g/mol. The van der Waals surface area contributed by atoms with E-state index in [2.05, 4.69) is 32.2 Å². The zero-order valence-corrected chi connectivity index (χ0v) is 25.1. The molecule has 0 fully saturated rings. The van der Waals surface area contributed by atoms with Gasteiger partial charge >= 0.3 is 11.9 Å². The number of halogens is 1. The monoisotopic (exact) mass is 593 g/mol. The van der Waals surface area contributed by atoms with Gasteiger partial charge in [0.05, 0.1) is 17.7 Å². The van der Waals surface area contributed by atoms with Crippen molar-refractivity contribution in [2.24, 2.45) is 0 Å². The average Bonchev–Trinajstić information content (AvgIpc) is 3.54. The maximum Gasteiger partial charge on any atom is 0.355 e. The van der Waals surface area contributed by atoms with E-state index in [4.69, 9.17) is 25.8 Å². The quantitative estimate of drug-likeness (QED) is 0.171. The van der Waals surface area contributed by atoms with Crippen LogP contribution in [0.25, 0.3) is 16.7 Å². The van der Waals surface area contributed by atoms with Crippen molar-refractivity contribution in [2.75, 3.05) is 12.4 Å². The van der Waals surface area contributed by atoms with E-state index in [-0.39, 0.29) is 18.1 Å². The first kappa shape index (κ1) is 28.0. The molecule has 0 atom stereocenters. The van der Waals surface area contributed by atoms with E-state index in [1.165, 1.54) is 22.7 Å². The second-order valence-electron chi connectivity index (χ2n) is 10.0. The van der Waals surface area contributed by atoms with Gasteiger partial charge in [0.1, 0.15) is 27.9 Å². The number of allylic oxidation sites excluding steroid dienone is 1. The normalized spacial score (nSPS) is 13.6. The van der Waals surface area contributed by atoms with Crippen molar-refractivity contribution in [3.63, 3.8) is 0 Å². The van der Waals surface area contributed by atoms with E-state index in [9.17, 15) is 9.59 Å². The van der Waals surface area contributed by atoms with E-state index in [1.807, 2.05) is 31.2 Å². The van der Waals surface area contributed by atoms with Gasteiger partial charge in [0, 0.05) is 33.3 Å². The van der Waals surface area contributed by atoms with Crippen molar-refractivity contribution in [3.8, 4) is 22.6 Å². The van der Waals surface area contributed by atoms with Gasteiger partial charge in [-0.2, -0.15) is 0 Å². The number of thiophene rings is 2. The minimum absolute atomic E-state index is 0.0678. The number of hydrogen-bond acceptors (Lipinski definition) is 8. The highest BCUT2D eigenvalue weighted by Crippen LogP contribution is 2.43. The molecule has 6 nitrogen and oxygen atoms in total. The van der Waals surface area contributed by atoms with Crippen LogP contribution in [-0.2, 0) is 11.3 Å². The SMILES string of the molecule is COc1cc(OC(=O)c2sccc2Cl)ccc1-c1ccc2c(c1COC(=O)c1ccc(C)s1)C(C)=CC(C)(C)N2. The lowest BCUT2D eigenvalue weighted by molar-refractivity contribution is 0.0478. The molecule has 2 aromatic heterocycles. The maximum absolute atomic E-state index is 12.9. The third-order valence-corrected chi connectivity index (χ3v) is 8.81. The fraction of sp³-hybridized carbons (Fsp3) is 0.226. The Bertz CT molecular complexity index is 1650. The number of hydrogen-bond donors (Lipinski definition) is 1. The van der Waals surface area contributed by atoms with E-state index >= 15 is 0 Å². The molecule has 5 rings (SSSR count). The molecule has 2 aromatic carbocycles. The molecule has 0 spiro atoms. The zero-order valence-electron chi connectivity index (χ0n) is 22.7. The molecule has 206 valence electrons. The molecule has 4 aromatic rings. The summed E-state index contributed by atoms with van der Waals surface area (Å²) in [5.41, 5.74) is 5.27. The van der Waals surface area contributed by atoms with Crippen LogP contribution in [0.1, 0.15) is 56.1 Å². The predicted molar refractivity (Wildman–Crippen MR) is 162 cm³/mol. The Labute approximate surface area is 246 Å². The van der Waals surface area contributed by atoms with Gasteiger partial charge in [-0.15, -0.1) is 22.7 Å². The number of methoxy groups -OCH3 is 1. The summed E-state index contributed by atoms with van der Waals surface area (Å²) >= 11 is 8.73. The molecule has 0 saturated heterocycles. The molecular formula is C31H28ClNO5S2. The lowest BCUT2D eigenvalue weighted by Gasteiger charge is -2.33. The Morgan fingerprint density at radius 3 is 2.45 bits per heavy atom. The Morgan fingerprint density at radius 1 is 1.00 bits per heavy atom. The van der Waals surface area contributed by atoms with Crippen LogP contribution in [0.15, 0.2) is 60.0 Å². The Balaban J connectivity index is 1.54. The third kappa shape index (κ3) is 5.66. The Hall–Kier alpha value is -3.59. The number of fused-ring (bicyclic) bond motifs is 1. The summed E-state index contributed by atoms with van der Waals surface area (Å²) < 4.78 is 17.2. The fourth-order valence-electron chi connectivity index (χ4n) is 4.90. The van der Waals surface area contributed by atoms with Crippen LogP contribution >= 0.6 is 34.3 Å². The van der Waals surface area contributed by atoms with E-state index in [1.54, 1.807) is 36.8 Å². The average molecular weight is 594 g/mol.